The molecule has 14 heteroatoms. The Kier molecular flexibility index (Phi) is 17.3. The van der Waals surface area contributed by atoms with Crippen LogP contribution in [0.5, 0.6) is 0 Å². The second-order valence-corrected chi connectivity index (χ2v) is 12.7. The number of hydrogen-bond acceptors (Lipinski definition) is 9. The van der Waals surface area contributed by atoms with Crippen molar-refractivity contribution in [2.45, 2.75) is 135 Å². The first-order valence-corrected chi connectivity index (χ1v) is 17.6. The molecular weight excluding hydrogens is 599 g/mol. The summed E-state index contributed by atoms with van der Waals surface area (Å²) in [6, 6.07) is -1.04. The Morgan fingerprint density at radius 1 is 0.932 bits per heavy atom. The Bertz CT molecular complexity index is 1020. The van der Waals surface area contributed by atoms with Crippen LogP contribution in [-0.2, 0) is 32.4 Å². The standard InChI is InChI=1S/C30H50F2N3O8P/c1-4-7-10-13-14-15-18-26(36)43-27-24(42-28(30(27,31)32)35-20-19-25(33)34-29(35)37)23-41-44(38,39-21-16-11-8-5-2)40-22-17-12-9-6-3/h19-20,24,27H,4-18,21-23H2,1-3H3,(H-,33,34,37)/p+1/b35-28+/t24-,27-/m1/s1. The molecule has 0 bridgehead atoms. The lowest BCUT2D eigenvalue weighted by atomic mass is 10.1. The zero-order valence-corrected chi connectivity index (χ0v) is 27.3. The fourth-order valence-electron chi connectivity index (χ4n) is 4.66. The molecule has 2 aliphatic heterocycles. The van der Waals surface area contributed by atoms with E-state index >= 15 is 8.78 Å². The van der Waals surface area contributed by atoms with Crippen molar-refractivity contribution in [2.24, 2.45) is 0 Å². The van der Waals surface area contributed by atoms with Crippen LogP contribution in [0.15, 0.2) is 12.3 Å². The SMILES string of the molecule is CCCCCCCCC(=O)O[C@@H]1[C@@H](COP(=O)(OCCCCCC)OCCCCCC)O/C(=[N+]2\C=CC(=N)NC2=O)C1(F)F. The molecule has 0 unspecified atom stereocenters. The number of halogens is 2. The zero-order valence-electron chi connectivity index (χ0n) is 26.5. The Morgan fingerprint density at radius 2 is 1.48 bits per heavy atom. The zero-order chi connectivity index (χ0) is 32.4. The molecule has 0 saturated carbocycles. The minimum Gasteiger partial charge on any atom is -0.451 e. The van der Waals surface area contributed by atoms with Gasteiger partial charge in [-0.3, -0.25) is 23.8 Å². The van der Waals surface area contributed by atoms with E-state index in [0.29, 0.717) is 23.8 Å². The molecule has 44 heavy (non-hydrogen) atoms. The quantitative estimate of drug-likeness (QED) is 0.0499. The minimum absolute atomic E-state index is 0.0664. The first-order valence-electron chi connectivity index (χ1n) is 16.1. The van der Waals surface area contributed by atoms with Gasteiger partial charge in [0.25, 0.3) is 0 Å². The molecule has 1 saturated heterocycles. The highest BCUT2D eigenvalue weighted by atomic mass is 31.2. The second-order valence-electron chi connectivity index (χ2n) is 11.1. The van der Waals surface area contributed by atoms with Crippen molar-refractivity contribution in [3.8, 4) is 0 Å². The predicted molar refractivity (Wildman–Crippen MR) is 162 cm³/mol. The van der Waals surface area contributed by atoms with E-state index in [1.165, 1.54) is 0 Å². The van der Waals surface area contributed by atoms with Crippen molar-refractivity contribution in [1.82, 2.24) is 5.32 Å². The number of nitrogens with one attached hydrogen (secondary N) is 2. The maximum absolute atomic E-state index is 15.8. The lowest BCUT2D eigenvalue weighted by molar-refractivity contribution is -0.371. The third-order valence-electron chi connectivity index (χ3n) is 7.20. The van der Waals surface area contributed by atoms with Gasteiger partial charge in [-0.1, -0.05) is 91.4 Å². The summed E-state index contributed by atoms with van der Waals surface area (Å²) in [4.78, 5) is 25.1. The van der Waals surface area contributed by atoms with Crippen LogP contribution in [-0.4, -0.2) is 66.3 Å². The molecule has 0 aromatic heterocycles. The van der Waals surface area contributed by atoms with Crippen LogP contribution in [0, 0.1) is 5.41 Å². The highest BCUT2D eigenvalue weighted by molar-refractivity contribution is 7.48. The Morgan fingerprint density at radius 3 is 2.05 bits per heavy atom. The number of phosphoric ester groups is 1. The number of amidine groups is 1. The molecule has 0 spiro atoms. The number of nitrogens with zero attached hydrogens (tertiary/aromatic N) is 1. The van der Waals surface area contributed by atoms with Gasteiger partial charge in [-0.05, 0) is 19.3 Å². The number of unbranched alkanes of at least 4 members (excludes halogenated alkanes) is 11. The van der Waals surface area contributed by atoms with E-state index in [4.69, 9.17) is 28.5 Å². The molecule has 1 fully saturated rings. The van der Waals surface area contributed by atoms with Crippen molar-refractivity contribution in [2.75, 3.05) is 19.8 Å². The molecule has 0 aromatic carbocycles. The van der Waals surface area contributed by atoms with Crippen LogP contribution in [0.25, 0.3) is 0 Å². The normalized spacial score (nSPS) is 21.4. The van der Waals surface area contributed by atoms with Gasteiger partial charge in [0.2, 0.25) is 11.9 Å². The van der Waals surface area contributed by atoms with Crippen LogP contribution in [0.1, 0.15) is 117 Å². The maximum Gasteiger partial charge on any atom is 0.504 e. The fourth-order valence-corrected chi connectivity index (χ4v) is 5.92. The van der Waals surface area contributed by atoms with Crippen LogP contribution < -0.4 is 5.32 Å². The summed E-state index contributed by atoms with van der Waals surface area (Å²) in [5.41, 5.74) is 0. The topological polar surface area (TPSA) is 136 Å². The Labute approximate surface area is 260 Å². The monoisotopic (exact) mass is 650 g/mol. The van der Waals surface area contributed by atoms with Crippen LogP contribution >= 0.6 is 7.82 Å². The largest absolute Gasteiger partial charge is 0.504 e. The number of alkyl halides is 2. The van der Waals surface area contributed by atoms with Crippen LogP contribution in [0.4, 0.5) is 13.6 Å². The number of phosphoric acid groups is 1. The molecule has 0 aromatic rings. The summed E-state index contributed by atoms with van der Waals surface area (Å²) in [5, 5.41) is 9.68. The van der Waals surface area contributed by atoms with E-state index in [9.17, 15) is 14.2 Å². The van der Waals surface area contributed by atoms with E-state index in [0.717, 1.165) is 82.9 Å². The molecule has 0 radical (unpaired) electrons. The summed E-state index contributed by atoms with van der Waals surface area (Å²) < 4.78 is 72.9. The van der Waals surface area contributed by atoms with Crippen LogP contribution in [0.2, 0.25) is 0 Å². The van der Waals surface area contributed by atoms with Gasteiger partial charge in [-0.25, -0.2) is 4.57 Å². The van der Waals surface area contributed by atoms with Gasteiger partial charge in [-0.15, -0.1) is 4.58 Å². The summed E-state index contributed by atoms with van der Waals surface area (Å²) >= 11 is 0. The number of esters is 1. The molecule has 2 heterocycles. The van der Waals surface area contributed by atoms with Crippen molar-refractivity contribution in [1.29, 1.82) is 5.41 Å². The summed E-state index contributed by atoms with van der Waals surface area (Å²) in [5.74, 6) is -6.18. The number of carbonyl (C=O) groups is 2. The van der Waals surface area contributed by atoms with Gasteiger partial charge >= 0.3 is 31.6 Å². The third-order valence-corrected chi connectivity index (χ3v) is 8.66. The minimum atomic E-state index is -4.18. The van der Waals surface area contributed by atoms with Gasteiger partial charge < -0.3 is 9.47 Å². The molecule has 2 rings (SSSR count). The summed E-state index contributed by atoms with van der Waals surface area (Å²) in [6.07, 6.45) is 10.4. The molecule has 252 valence electrons. The molecule has 2 aliphatic rings. The first kappa shape index (κ1) is 38.0. The van der Waals surface area contributed by atoms with E-state index in [2.05, 4.69) is 26.1 Å². The third kappa shape index (κ3) is 12.7. The van der Waals surface area contributed by atoms with Gasteiger partial charge in [0.1, 0.15) is 6.20 Å². The molecule has 2 amide bonds. The summed E-state index contributed by atoms with van der Waals surface area (Å²) in [7, 11) is -4.18. The number of hydrogen-bond donors (Lipinski definition) is 2. The van der Waals surface area contributed by atoms with Gasteiger partial charge in [0.15, 0.2) is 6.10 Å². The average molecular weight is 651 g/mol. The average Bonchev–Trinajstić information content (AvgIpc) is 3.22. The molecule has 2 N–H and O–H groups in total. The molecular formula is C30H51F2N3O8P+. The van der Waals surface area contributed by atoms with Crippen LogP contribution in [0.3, 0.4) is 0 Å². The van der Waals surface area contributed by atoms with Crippen molar-refractivity contribution in [3.63, 3.8) is 0 Å². The van der Waals surface area contributed by atoms with E-state index in [-0.39, 0.29) is 25.5 Å². The van der Waals surface area contributed by atoms with Gasteiger partial charge in [0.05, 0.1) is 19.8 Å². The van der Waals surface area contributed by atoms with E-state index in [1.54, 1.807) is 0 Å². The highest BCUT2D eigenvalue weighted by Gasteiger charge is 2.64. The number of urea groups is 1. The number of carbonyl (C=O) groups excluding carboxylic acids is 2. The maximum atomic E-state index is 15.8. The number of amides is 2. The lowest BCUT2D eigenvalue weighted by Crippen LogP contribution is -2.47. The van der Waals surface area contributed by atoms with Crippen molar-refractivity contribution in [3.05, 3.63) is 12.3 Å². The van der Waals surface area contributed by atoms with E-state index in [1.807, 2.05) is 0 Å². The van der Waals surface area contributed by atoms with Crippen molar-refractivity contribution < 1.29 is 50.6 Å². The second kappa shape index (κ2) is 20.0. The Hall–Kier alpha value is -2.21. The number of ether oxygens (including phenoxy) is 2. The number of rotatable bonds is 23. The predicted octanol–water partition coefficient (Wildman–Crippen LogP) is 7.63. The van der Waals surface area contributed by atoms with E-state index < -0.39 is 50.5 Å². The lowest BCUT2D eigenvalue weighted by Gasteiger charge is -2.23. The first-order chi connectivity index (χ1) is 21.1. The van der Waals surface area contributed by atoms with Gasteiger partial charge in [0, 0.05) is 12.5 Å². The Balaban J connectivity index is 2.20. The smallest absolute Gasteiger partial charge is 0.451 e. The van der Waals surface area contributed by atoms with Crippen molar-refractivity contribution >= 4 is 31.6 Å². The molecule has 2 atom stereocenters. The van der Waals surface area contributed by atoms with Gasteiger partial charge in [-0.2, -0.15) is 18.9 Å². The molecule has 11 nitrogen and oxygen atoms in total. The highest BCUT2D eigenvalue weighted by Crippen LogP contribution is 2.51. The molecule has 0 aliphatic carbocycles. The fraction of sp³-hybridized carbons (Fsp3) is 0.800. The summed E-state index contributed by atoms with van der Waals surface area (Å²) in [6.45, 7) is 5.67.